The Hall–Kier alpha value is -1.65. The van der Waals surface area contributed by atoms with Gasteiger partial charge in [-0.3, -0.25) is 9.59 Å². The van der Waals surface area contributed by atoms with Crippen LogP contribution >= 0.6 is 11.8 Å². The standard InChI is InChI=1S/C15H25N5O4S/c1-3-5-16-14(23)12-13(15(24)17-6-4-2)20(19-18-12)11-7-9(22)10(8-21)25-11/h9-11,21-22H,3-8H2,1-2H3,(H,16,23)(H,17,24)/t9-,10+,11+/m0/s1. The maximum Gasteiger partial charge on any atom is 0.274 e. The Bertz CT molecular complexity index is 609. The van der Waals surface area contributed by atoms with Gasteiger partial charge in [0.15, 0.2) is 11.4 Å². The molecule has 1 aromatic rings. The highest BCUT2D eigenvalue weighted by molar-refractivity contribution is 8.00. The molecule has 1 aromatic heterocycles. The first-order chi connectivity index (χ1) is 12.0. The summed E-state index contributed by atoms with van der Waals surface area (Å²) in [5.41, 5.74) is 0.0648. The minimum absolute atomic E-state index is 0.0235. The molecular weight excluding hydrogens is 346 g/mol. The first kappa shape index (κ1) is 19.7. The van der Waals surface area contributed by atoms with E-state index in [-0.39, 0.29) is 28.6 Å². The monoisotopic (exact) mass is 371 g/mol. The van der Waals surface area contributed by atoms with Crippen LogP contribution in [0.5, 0.6) is 0 Å². The summed E-state index contributed by atoms with van der Waals surface area (Å²) in [7, 11) is 0. The topological polar surface area (TPSA) is 129 Å². The Labute approximate surface area is 150 Å². The van der Waals surface area contributed by atoms with Crippen LogP contribution in [0.4, 0.5) is 0 Å². The Morgan fingerprint density at radius 2 is 1.88 bits per heavy atom. The van der Waals surface area contributed by atoms with E-state index in [2.05, 4.69) is 20.9 Å². The van der Waals surface area contributed by atoms with Crippen LogP contribution in [0.15, 0.2) is 0 Å². The third-order valence-electron chi connectivity index (χ3n) is 3.85. The van der Waals surface area contributed by atoms with E-state index in [1.807, 2.05) is 13.8 Å². The number of aliphatic hydroxyl groups is 2. The summed E-state index contributed by atoms with van der Waals surface area (Å²) in [4.78, 5) is 24.9. The molecule has 1 aliphatic heterocycles. The first-order valence-electron chi connectivity index (χ1n) is 8.49. The maximum absolute atomic E-state index is 12.6. The molecule has 4 N–H and O–H groups in total. The van der Waals surface area contributed by atoms with Crippen molar-refractivity contribution in [2.45, 2.75) is 49.8 Å². The largest absolute Gasteiger partial charge is 0.395 e. The number of nitrogens with one attached hydrogen (secondary N) is 2. The van der Waals surface area contributed by atoms with Crippen LogP contribution in [0.3, 0.4) is 0 Å². The van der Waals surface area contributed by atoms with Gasteiger partial charge in [0.05, 0.1) is 18.0 Å². The molecule has 0 aliphatic carbocycles. The molecular formula is C15H25N5O4S. The van der Waals surface area contributed by atoms with E-state index in [0.717, 1.165) is 12.8 Å². The molecule has 1 aliphatic rings. The summed E-state index contributed by atoms with van der Waals surface area (Å²) >= 11 is 1.32. The van der Waals surface area contributed by atoms with Crippen LogP contribution in [0.1, 0.15) is 59.5 Å². The minimum Gasteiger partial charge on any atom is -0.395 e. The van der Waals surface area contributed by atoms with E-state index in [1.165, 1.54) is 16.4 Å². The van der Waals surface area contributed by atoms with Crippen molar-refractivity contribution in [1.29, 1.82) is 0 Å². The van der Waals surface area contributed by atoms with Gasteiger partial charge in [0.2, 0.25) is 0 Å². The zero-order valence-electron chi connectivity index (χ0n) is 14.4. The lowest BCUT2D eigenvalue weighted by atomic mass is 10.2. The van der Waals surface area contributed by atoms with E-state index in [1.54, 1.807) is 0 Å². The second-order valence-corrected chi connectivity index (χ2v) is 7.28. The molecule has 1 fully saturated rings. The molecule has 25 heavy (non-hydrogen) atoms. The average Bonchev–Trinajstić information content (AvgIpc) is 3.20. The van der Waals surface area contributed by atoms with Crippen LogP contribution in [-0.2, 0) is 0 Å². The highest BCUT2D eigenvalue weighted by Crippen LogP contribution is 2.41. The lowest BCUT2D eigenvalue weighted by molar-refractivity contribution is 0.0908. The van der Waals surface area contributed by atoms with Gasteiger partial charge in [-0.15, -0.1) is 16.9 Å². The molecule has 2 rings (SSSR count). The van der Waals surface area contributed by atoms with Crippen molar-refractivity contribution in [3.63, 3.8) is 0 Å². The summed E-state index contributed by atoms with van der Waals surface area (Å²) in [6.07, 6.45) is 1.14. The van der Waals surface area contributed by atoms with Crippen molar-refractivity contribution in [3.05, 3.63) is 11.4 Å². The van der Waals surface area contributed by atoms with Gasteiger partial charge in [-0.25, -0.2) is 4.68 Å². The first-order valence-corrected chi connectivity index (χ1v) is 9.43. The second kappa shape index (κ2) is 9.16. The molecule has 0 saturated carbocycles. The molecule has 3 atom stereocenters. The Morgan fingerprint density at radius 3 is 2.44 bits per heavy atom. The van der Waals surface area contributed by atoms with Gasteiger partial charge in [0.1, 0.15) is 5.37 Å². The fourth-order valence-electron chi connectivity index (χ4n) is 2.53. The fraction of sp³-hybridized carbons (Fsp3) is 0.733. The number of aromatic nitrogens is 3. The number of thioether (sulfide) groups is 1. The van der Waals surface area contributed by atoms with Crippen molar-refractivity contribution in [3.8, 4) is 0 Å². The quantitative estimate of drug-likeness (QED) is 0.503. The van der Waals surface area contributed by atoms with Gasteiger partial charge in [0.25, 0.3) is 11.8 Å². The van der Waals surface area contributed by atoms with Crippen LogP contribution in [-0.4, -0.2) is 68.1 Å². The van der Waals surface area contributed by atoms with E-state index >= 15 is 0 Å². The van der Waals surface area contributed by atoms with E-state index in [4.69, 9.17) is 0 Å². The third-order valence-corrected chi connectivity index (χ3v) is 5.37. The number of hydrogen-bond acceptors (Lipinski definition) is 7. The highest BCUT2D eigenvalue weighted by atomic mass is 32.2. The second-order valence-electron chi connectivity index (χ2n) is 5.86. The molecule has 10 heteroatoms. The summed E-state index contributed by atoms with van der Waals surface area (Å²) in [5.74, 6) is -0.868. The highest BCUT2D eigenvalue weighted by Gasteiger charge is 2.38. The van der Waals surface area contributed by atoms with Gasteiger partial charge in [-0.2, -0.15) is 0 Å². The van der Waals surface area contributed by atoms with Gasteiger partial charge < -0.3 is 20.8 Å². The van der Waals surface area contributed by atoms with Crippen molar-refractivity contribution in [2.24, 2.45) is 0 Å². The lowest BCUT2D eigenvalue weighted by Gasteiger charge is -2.13. The molecule has 140 valence electrons. The van der Waals surface area contributed by atoms with E-state index in [9.17, 15) is 19.8 Å². The van der Waals surface area contributed by atoms with Gasteiger partial charge in [0, 0.05) is 19.5 Å². The summed E-state index contributed by atoms with van der Waals surface area (Å²) in [6.45, 7) is 4.64. The molecule has 0 spiro atoms. The number of hydrogen-bond donors (Lipinski definition) is 4. The molecule has 9 nitrogen and oxygen atoms in total. The van der Waals surface area contributed by atoms with Gasteiger partial charge in [-0.05, 0) is 12.8 Å². The van der Waals surface area contributed by atoms with Crippen LogP contribution < -0.4 is 10.6 Å². The van der Waals surface area contributed by atoms with Crippen molar-refractivity contribution < 1.29 is 19.8 Å². The SMILES string of the molecule is CCCNC(=O)c1nnn([C@H]2C[C@H](O)[C@@H](CO)S2)c1C(=O)NCCC. The Morgan fingerprint density at radius 1 is 1.24 bits per heavy atom. The van der Waals surface area contributed by atoms with E-state index in [0.29, 0.717) is 19.5 Å². The van der Waals surface area contributed by atoms with Gasteiger partial charge >= 0.3 is 0 Å². The van der Waals surface area contributed by atoms with Crippen molar-refractivity contribution >= 4 is 23.6 Å². The predicted octanol–water partition coefficient (Wildman–Crippen LogP) is -0.0850. The van der Waals surface area contributed by atoms with Crippen LogP contribution in [0.2, 0.25) is 0 Å². The number of aliphatic hydroxyl groups excluding tert-OH is 2. The van der Waals surface area contributed by atoms with Crippen molar-refractivity contribution in [1.82, 2.24) is 25.6 Å². The minimum atomic E-state index is -0.701. The third kappa shape index (κ3) is 4.50. The zero-order valence-corrected chi connectivity index (χ0v) is 15.3. The number of nitrogens with zero attached hydrogens (tertiary/aromatic N) is 3. The molecule has 2 heterocycles. The Balaban J connectivity index is 2.31. The fourth-order valence-corrected chi connectivity index (χ4v) is 3.89. The van der Waals surface area contributed by atoms with Crippen LogP contribution in [0, 0.1) is 0 Å². The number of rotatable bonds is 8. The summed E-state index contributed by atoms with van der Waals surface area (Å²) in [6, 6.07) is 0. The van der Waals surface area contributed by atoms with Crippen molar-refractivity contribution in [2.75, 3.05) is 19.7 Å². The number of carbonyl (C=O) groups is 2. The van der Waals surface area contributed by atoms with E-state index < -0.39 is 17.9 Å². The normalized spacial score (nSPS) is 22.8. The summed E-state index contributed by atoms with van der Waals surface area (Å²) in [5, 5.41) is 31.9. The summed E-state index contributed by atoms with van der Waals surface area (Å²) < 4.78 is 1.38. The molecule has 0 aromatic carbocycles. The Kier molecular flexibility index (Phi) is 7.21. The predicted molar refractivity (Wildman–Crippen MR) is 93.4 cm³/mol. The lowest BCUT2D eigenvalue weighted by Crippen LogP contribution is -2.32. The molecule has 0 unspecified atom stereocenters. The van der Waals surface area contributed by atoms with Gasteiger partial charge in [-0.1, -0.05) is 19.1 Å². The molecule has 0 radical (unpaired) electrons. The number of carbonyl (C=O) groups excluding carboxylic acids is 2. The zero-order chi connectivity index (χ0) is 18.4. The average molecular weight is 371 g/mol. The molecule has 1 saturated heterocycles. The molecule has 0 bridgehead atoms. The maximum atomic E-state index is 12.6. The smallest absolute Gasteiger partial charge is 0.274 e. The molecule has 2 amide bonds. The number of amides is 2. The van der Waals surface area contributed by atoms with Crippen LogP contribution in [0.25, 0.3) is 0 Å².